The van der Waals surface area contributed by atoms with Gasteiger partial charge >= 0.3 is 0 Å². The molecule has 1 aromatic rings. The smallest absolute Gasteiger partial charge is 0.141 e. The average Bonchev–Trinajstić information content (AvgIpc) is 2.23. The van der Waals surface area contributed by atoms with Crippen LogP contribution in [0.2, 0.25) is 5.02 Å². The standard InChI is InChI=1S/C13H20ClFN2/c1-10(7-16-2)8-17(3)9-11-4-5-13(15)12(14)6-11/h4-6,10,16H,7-9H2,1-3H3. The van der Waals surface area contributed by atoms with Crippen LogP contribution in [0.5, 0.6) is 0 Å². The summed E-state index contributed by atoms with van der Waals surface area (Å²) in [7, 11) is 4.01. The molecule has 0 fully saturated rings. The molecule has 0 aliphatic rings. The number of hydrogen-bond acceptors (Lipinski definition) is 2. The zero-order valence-electron chi connectivity index (χ0n) is 10.6. The summed E-state index contributed by atoms with van der Waals surface area (Å²) in [6.07, 6.45) is 0. The molecule has 96 valence electrons. The topological polar surface area (TPSA) is 15.3 Å². The molecule has 1 N–H and O–H groups in total. The van der Waals surface area contributed by atoms with E-state index in [9.17, 15) is 4.39 Å². The van der Waals surface area contributed by atoms with Crippen molar-refractivity contribution >= 4 is 11.6 Å². The van der Waals surface area contributed by atoms with Crippen molar-refractivity contribution < 1.29 is 4.39 Å². The number of benzene rings is 1. The molecular formula is C13H20ClFN2. The fourth-order valence-corrected chi connectivity index (χ4v) is 2.16. The molecular weight excluding hydrogens is 239 g/mol. The average molecular weight is 259 g/mol. The second kappa shape index (κ2) is 6.94. The number of rotatable bonds is 6. The van der Waals surface area contributed by atoms with E-state index in [0.29, 0.717) is 5.92 Å². The molecule has 0 aliphatic heterocycles. The first kappa shape index (κ1) is 14.4. The van der Waals surface area contributed by atoms with Crippen LogP contribution < -0.4 is 5.32 Å². The van der Waals surface area contributed by atoms with Gasteiger partial charge in [-0.25, -0.2) is 4.39 Å². The zero-order chi connectivity index (χ0) is 12.8. The highest BCUT2D eigenvalue weighted by atomic mass is 35.5. The van der Waals surface area contributed by atoms with Gasteiger partial charge in [-0.1, -0.05) is 24.6 Å². The van der Waals surface area contributed by atoms with Crippen LogP contribution in [0.3, 0.4) is 0 Å². The number of halogens is 2. The fraction of sp³-hybridized carbons (Fsp3) is 0.538. The van der Waals surface area contributed by atoms with Crippen molar-refractivity contribution in [1.29, 1.82) is 0 Å². The fourth-order valence-electron chi connectivity index (χ4n) is 1.96. The third-order valence-corrected chi connectivity index (χ3v) is 2.90. The van der Waals surface area contributed by atoms with E-state index < -0.39 is 0 Å². The molecule has 0 spiro atoms. The van der Waals surface area contributed by atoms with Gasteiger partial charge in [-0.15, -0.1) is 0 Å². The van der Waals surface area contributed by atoms with Crippen LogP contribution >= 0.6 is 11.6 Å². The van der Waals surface area contributed by atoms with Gasteiger partial charge < -0.3 is 10.2 Å². The maximum Gasteiger partial charge on any atom is 0.141 e. The molecule has 0 heterocycles. The first-order valence-electron chi connectivity index (χ1n) is 5.80. The Hall–Kier alpha value is -0.640. The van der Waals surface area contributed by atoms with E-state index in [4.69, 9.17) is 11.6 Å². The summed E-state index contributed by atoms with van der Waals surface area (Å²) in [6, 6.07) is 4.89. The van der Waals surface area contributed by atoms with E-state index in [0.717, 1.165) is 25.2 Å². The first-order chi connectivity index (χ1) is 8.02. The highest BCUT2D eigenvalue weighted by molar-refractivity contribution is 6.30. The summed E-state index contributed by atoms with van der Waals surface area (Å²) in [5.41, 5.74) is 1.04. The summed E-state index contributed by atoms with van der Waals surface area (Å²) in [6.45, 7) is 4.98. The molecule has 0 aromatic heterocycles. The Labute approximate surface area is 108 Å². The summed E-state index contributed by atoms with van der Waals surface area (Å²) in [5.74, 6) is 0.225. The monoisotopic (exact) mass is 258 g/mol. The molecule has 1 rings (SSSR count). The maximum absolute atomic E-state index is 13.0. The molecule has 0 radical (unpaired) electrons. The number of hydrogen-bond donors (Lipinski definition) is 1. The highest BCUT2D eigenvalue weighted by Gasteiger charge is 2.07. The van der Waals surface area contributed by atoms with Crippen LogP contribution in [-0.4, -0.2) is 32.1 Å². The normalized spacial score (nSPS) is 13.1. The summed E-state index contributed by atoms with van der Waals surface area (Å²) in [5, 5.41) is 3.35. The summed E-state index contributed by atoms with van der Waals surface area (Å²) < 4.78 is 13.0. The van der Waals surface area contributed by atoms with Gasteiger partial charge in [-0.3, -0.25) is 0 Å². The second-order valence-electron chi connectivity index (χ2n) is 4.61. The van der Waals surface area contributed by atoms with Gasteiger partial charge in [0.15, 0.2) is 0 Å². The minimum Gasteiger partial charge on any atom is -0.319 e. The van der Waals surface area contributed by atoms with Crippen LogP contribution in [-0.2, 0) is 6.54 Å². The van der Waals surface area contributed by atoms with Crippen molar-refractivity contribution in [2.24, 2.45) is 5.92 Å². The van der Waals surface area contributed by atoms with Crippen LogP contribution in [0, 0.1) is 11.7 Å². The first-order valence-corrected chi connectivity index (χ1v) is 6.17. The summed E-state index contributed by atoms with van der Waals surface area (Å²) in [4.78, 5) is 2.21. The SMILES string of the molecule is CNCC(C)CN(C)Cc1ccc(F)c(Cl)c1. The third kappa shape index (κ3) is 5.02. The molecule has 0 bridgehead atoms. The van der Waals surface area contributed by atoms with Crippen LogP contribution in [0.4, 0.5) is 4.39 Å². The minimum absolute atomic E-state index is 0.194. The Morgan fingerprint density at radius 2 is 2.18 bits per heavy atom. The molecule has 1 aromatic carbocycles. The van der Waals surface area contributed by atoms with E-state index in [1.807, 2.05) is 7.05 Å². The second-order valence-corrected chi connectivity index (χ2v) is 5.02. The van der Waals surface area contributed by atoms with Crippen molar-refractivity contribution in [1.82, 2.24) is 10.2 Å². The van der Waals surface area contributed by atoms with E-state index in [2.05, 4.69) is 24.2 Å². The van der Waals surface area contributed by atoms with Gasteiger partial charge in [0, 0.05) is 13.1 Å². The maximum atomic E-state index is 13.0. The van der Waals surface area contributed by atoms with Crippen molar-refractivity contribution in [3.05, 3.63) is 34.6 Å². The van der Waals surface area contributed by atoms with E-state index >= 15 is 0 Å². The summed E-state index contributed by atoms with van der Waals surface area (Å²) >= 11 is 5.75. The Bertz CT molecular complexity index is 357. The highest BCUT2D eigenvalue weighted by Crippen LogP contribution is 2.17. The van der Waals surface area contributed by atoms with Crippen molar-refractivity contribution in [3.63, 3.8) is 0 Å². The lowest BCUT2D eigenvalue weighted by atomic mass is 10.1. The van der Waals surface area contributed by atoms with E-state index in [1.54, 1.807) is 12.1 Å². The van der Waals surface area contributed by atoms with Gasteiger partial charge in [0.2, 0.25) is 0 Å². The molecule has 0 saturated carbocycles. The van der Waals surface area contributed by atoms with Crippen LogP contribution in [0.25, 0.3) is 0 Å². The lowest BCUT2D eigenvalue weighted by Gasteiger charge is -2.21. The van der Waals surface area contributed by atoms with E-state index in [-0.39, 0.29) is 10.8 Å². The van der Waals surface area contributed by atoms with Gasteiger partial charge in [-0.2, -0.15) is 0 Å². The minimum atomic E-state index is -0.360. The lowest BCUT2D eigenvalue weighted by molar-refractivity contribution is 0.276. The predicted molar refractivity (Wildman–Crippen MR) is 70.8 cm³/mol. The van der Waals surface area contributed by atoms with Crippen molar-refractivity contribution in [3.8, 4) is 0 Å². The molecule has 1 unspecified atom stereocenters. The number of nitrogens with one attached hydrogen (secondary N) is 1. The Balaban J connectivity index is 2.50. The third-order valence-electron chi connectivity index (χ3n) is 2.61. The van der Waals surface area contributed by atoms with Gasteiger partial charge in [0.1, 0.15) is 5.82 Å². The molecule has 1 atom stereocenters. The zero-order valence-corrected chi connectivity index (χ0v) is 11.4. The Morgan fingerprint density at radius 1 is 1.47 bits per heavy atom. The number of nitrogens with zero attached hydrogens (tertiary/aromatic N) is 1. The predicted octanol–water partition coefficient (Wildman–Crippen LogP) is 2.77. The quantitative estimate of drug-likeness (QED) is 0.844. The molecule has 0 amide bonds. The van der Waals surface area contributed by atoms with Crippen LogP contribution in [0.15, 0.2) is 18.2 Å². The van der Waals surface area contributed by atoms with E-state index in [1.165, 1.54) is 6.07 Å². The van der Waals surface area contributed by atoms with Gasteiger partial charge in [0.05, 0.1) is 5.02 Å². The lowest BCUT2D eigenvalue weighted by Crippen LogP contribution is -2.29. The van der Waals surface area contributed by atoms with Crippen LogP contribution in [0.1, 0.15) is 12.5 Å². The molecule has 17 heavy (non-hydrogen) atoms. The molecule has 4 heteroatoms. The largest absolute Gasteiger partial charge is 0.319 e. The Kier molecular flexibility index (Phi) is 5.89. The molecule has 0 aliphatic carbocycles. The van der Waals surface area contributed by atoms with Gasteiger partial charge in [-0.05, 0) is 44.3 Å². The van der Waals surface area contributed by atoms with Crippen molar-refractivity contribution in [2.75, 3.05) is 27.2 Å². The van der Waals surface area contributed by atoms with Crippen molar-refractivity contribution in [2.45, 2.75) is 13.5 Å². The Morgan fingerprint density at radius 3 is 2.76 bits per heavy atom. The molecule has 2 nitrogen and oxygen atoms in total. The molecule has 0 saturated heterocycles. The van der Waals surface area contributed by atoms with Gasteiger partial charge in [0.25, 0.3) is 0 Å².